The fourth-order valence-corrected chi connectivity index (χ4v) is 2.20. The van der Waals surface area contributed by atoms with Gasteiger partial charge in [-0.25, -0.2) is 0 Å². The first-order valence-electron chi connectivity index (χ1n) is 8.49. The summed E-state index contributed by atoms with van der Waals surface area (Å²) in [5, 5.41) is 9.39. The Morgan fingerprint density at radius 3 is 2.62 bits per heavy atom. The van der Waals surface area contributed by atoms with E-state index >= 15 is 0 Å². The lowest BCUT2D eigenvalue weighted by Gasteiger charge is -2.13. The van der Waals surface area contributed by atoms with E-state index in [1.165, 1.54) is 0 Å². The average molecular weight is 470 g/mol. The summed E-state index contributed by atoms with van der Waals surface area (Å²) < 4.78 is 5.29. The third-order valence-electron chi connectivity index (χ3n) is 3.95. The molecule has 1 amide bonds. The number of halogens is 1. The molecule has 0 aliphatic rings. The van der Waals surface area contributed by atoms with Gasteiger partial charge in [0, 0.05) is 25.2 Å². The summed E-state index contributed by atoms with van der Waals surface area (Å²) in [5.41, 5.74) is 1.87. The number of carbonyl (C=O) groups is 1. The molecule has 1 aromatic heterocycles. The summed E-state index contributed by atoms with van der Waals surface area (Å²) in [5.74, 6) is 1.58. The zero-order valence-electron chi connectivity index (χ0n) is 15.4. The Hall–Kier alpha value is -2.03. The number of benzene rings is 1. The van der Waals surface area contributed by atoms with Gasteiger partial charge in [0.15, 0.2) is 5.96 Å². The van der Waals surface area contributed by atoms with E-state index in [4.69, 9.17) is 4.42 Å². The topological polar surface area (TPSA) is 78.7 Å². The summed E-state index contributed by atoms with van der Waals surface area (Å²) in [6.07, 6.45) is 2.47. The molecular weight excluding hydrogens is 443 g/mol. The molecule has 0 bridgehead atoms. The Morgan fingerprint density at radius 2 is 1.96 bits per heavy atom. The fraction of sp³-hybridized carbons (Fsp3) is 0.368. The van der Waals surface area contributed by atoms with Gasteiger partial charge in [-0.3, -0.25) is 9.79 Å². The number of amides is 1. The smallest absolute Gasteiger partial charge is 0.227 e. The van der Waals surface area contributed by atoms with Gasteiger partial charge in [0.1, 0.15) is 5.76 Å². The van der Waals surface area contributed by atoms with Crippen LogP contribution in [-0.4, -0.2) is 18.9 Å². The van der Waals surface area contributed by atoms with Crippen LogP contribution in [0.25, 0.3) is 0 Å². The van der Waals surface area contributed by atoms with E-state index in [1.807, 2.05) is 50.2 Å². The van der Waals surface area contributed by atoms with Crippen molar-refractivity contribution < 1.29 is 9.21 Å². The molecule has 0 saturated heterocycles. The van der Waals surface area contributed by atoms with E-state index in [0.717, 1.165) is 23.4 Å². The van der Waals surface area contributed by atoms with E-state index in [0.29, 0.717) is 19.0 Å². The van der Waals surface area contributed by atoms with Crippen LogP contribution in [0, 0.1) is 5.92 Å². The number of furan rings is 1. The molecule has 0 spiro atoms. The van der Waals surface area contributed by atoms with Crippen molar-refractivity contribution >= 4 is 41.5 Å². The third-order valence-corrected chi connectivity index (χ3v) is 3.95. The summed E-state index contributed by atoms with van der Waals surface area (Å²) in [6.45, 7) is 5.10. The molecule has 0 aliphatic carbocycles. The third kappa shape index (κ3) is 7.07. The summed E-state index contributed by atoms with van der Waals surface area (Å²) >= 11 is 0. The lowest BCUT2D eigenvalue weighted by atomic mass is 10.1. The zero-order chi connectivity index (χ0) is 18.1. The first-order valence-corrected chi connectivity index (χ1v) is 8.49. The first kappa shape index (κ1) is 22.0. The Labute approximate surface area is 171 Å². The Balaban J connectivity index is 0.00000338. The van der Waals surface area contributed by atoms with Gasteiger partial charge in [-0.1, -0.05) is 26.0 Å². The second-order valence-electron chi connectivity index (χ2n) is 5.86. The number of aliphatic imine (C=N–C) groups is 1. The average Bonchev–Trinajstić information content (AvgIpc) is 3.15. The number of hydrogen-bond donors (Lipinski definition) is 3. The van der Waals surface area contributed by atoms with Gasteiger partial charge >= 0.3 is 0 Å². The Bertz CT molecular complexity index is 701. The number of guanidine groups is 1. The van der Waals surface area contributed by atoms with Crippen LogP contribution in [0.5, 0.6) is 0 Å². The highest BCUT2D eigenvalue weighted by molar-refractivity contribution is 14.0. The van der Waals surface area contributed by atoms with Crippen LogP contribution in [-0.2, 0) is 17.9 Å². The van der Waals surface area contributed by atoms with Crippen molar-refractivity contribution in [3.8, 4) is 0 Å². The normalized spacial score (nSPS) is 12.0. The molecule has 1 unspecified atom stereocenters. The second kappa shape index (κ2) is 11.6. The molecule has 1 atom stereocenters. The van der Waals surface area contributed by atoms with E-state index in [9.17, 15) is 4.79 Å². The minimum atomic E-state index is 0. The summed E-state index contributed by atoms with van der Waals surface area (Å²) in [4.78, 5) is 16.2. The largest absolute Gasteiger partial charge is 0.467 e. The van der Waals surface area contributed by atoms with E-state index in [-0.39, 0.29) is 35.8 Å². The quantitative estimate of drug-likeness (QED) is 0.327. The highest BCUT2D eigenvalue weighted by Crippen LogP contribution is 2.13. The van der Waals surface area contributed by atoms with Gasteiger partial charge in [-0.2, -0.15) is 0 Å². The van der Waals surface area contributed by atoms with Crippen LogP contribution in [0.2, 0.25) is 0 Å². The molecule has 0 fully saturated rings. The summed E-state index contributed by atoms with van der Waals surface area (Å²) in [7, 11) is 1.72. The number of hydrogen-bond acceptors (Lipinski definition) is 3. The minimum Gasteiger partial charge on any atom is -0.467 e. The maximum atomic E-state index is 12.0. The van der Waals surface area contributed by atoms with Crippen LogP contribution in [0.15, 0.2) is 52.1 Å². The summed E-state index contributed by atoms with van der Waals surface area (Å²) in [6, 6.07) is 11.6. The molecule has 0 saturated carbocycles. The number of carbonyl (C=O) groups excluding carboxylic acids is 1. The molecule has 0 radical (unpaired) electrons. The van der Waals surface area contributed by atoms with Gasteiger partial charge in [0.05, 0.1) is 12.8 Å². The molecule has 26 heavy (non-hydrogen) atoms. The Morgan fingerprint density at radius 1 is 1.19 bits per heavy atom. The van der Waals surface area contributed by atoms with Crippen molar-refractivity contribution in [2.75, 3.05) is 12.4 Å². The van der Waals surface area contributed by atoms with Crippen molar-refractivity contribution in [1.82, 2.24) is 10.6 Å². The zero-order valence-corrected chi connectivity index (χ0v) is 17.7. The number of nitrogens with zero attached hydrogens (tertiary/aromatic N) is 1. The van der Waals surface area contributed by atoms with Gasteiger partial charge in [-0.05, 0) is 36.2 Å². The van der Waals surface area contributed by atoms with Crippen molar-refractivity contribution in [1.29, 1.82) is 0 Å². The van der Waals surface area contributed by atoms with Crippen LogP contribution in [0.3, 0.4) is 0 Å². The van der Waals surface area contributed by atoms with Gasteiger partial charge < -0.3 is 20.4 Å². The highest BCUT2D eigenvalue weighted by atomic mass is 127. The predicted molar refractivity (Wildman–Crippen MR) is 116 cm³/mol. The molecule has 2 rings (SSSR count). The van der Waals surface area contributed by atoms with Crippen LogP contribution in [0.4, 0.5) is 5.69 Å². The molecule has 7 heteroatoms. The monoisotopic (exact) mass is 470 g/mol. The molecule has 1 heterocycles. The SMILES string of the molecule is CCC(C)C(=O)Nc1cccc(CNC(=NC)NCc2ccco2)c1.I. The van der Waals surface area contributed by atoms with Gasteiger partial charge in [-0.15, -0.1) is 24.0 Å². The molecule has 6 nitrogen and oxygen atoms in total. The molecule has 2 aromatic rings. The molecule has 3 N–H and O–H groups in total. The molecule has 1 aromatic carbocycles. The minimum absolute atomic E-state index is 0. The van der Waals surface area contributed by atoms with Crippen molar-refractivity contribution in [2.24, 2.45) is 10.9 Å². The van der Waals surface area contributed by atoms with Crippen molar-refractivity contribution in [3.63, 3.8) is 0 Å². The number of anilines is 1. The van der Waals surface area contributed by atoms with Gasteiger partial charge in [0.2, 0.25) is 5.91 Å². The highest BCUT2D eigenvalue weighted by Gasteiger charge is 2.10. The maximum absolute atomic E-state index is 12.0. The van der Waals surface area contributed by atoms with E-state index in [1.54, 1.807) is 13.3 Å². The molecule has 0 aliphatic heterocycles. The van der Waals surface area contributed by atoms with Crippen molar-refractivity contribution in [2.45, 2.75) is 33.4 Å². The van der Waals surface area contributed by atoms with Crippen LogP contribution in [0.1, 0.15) is 31.6 Å². The molecular formula is C19H27IN4O2. The van der Waals surface area contributed by atoms with Gasteiger partial charge in [0.25, 0.3) is 0 Å². The fourth-order valence-electron chi connectivity index (χ4n) is 2.20. The number of rotatable bonds is 7. The van der Waals surface area contributed by atoms with E-state index in [2.05, 4.69) is 20.9 Å². The standard InChI is InChI=1S/C19H26N4O2.HI/c1-4-14(2)18(24)23-16-8-5-7-15(11-16)12-21-19(20-3)22-13-17-9-6-10-25-17;/h5-11,14H,4,12-13H2,1-3H3,(H,23,24)(H2,20,21,22);1H. The van der Waals surface area contributed by atoms with E-state index < -0.39 is 0 Å². The van der Waals surface area contributed by atoms with Crippen LogP contribution >= 0.6 is 24.0 Å². The van der Waals surface area contributed by atoms with Crippen LogP contribution < -0.4 is 16.0 Å². The second-order valence-corrected chi connectivity index (χ2v) is 5.86. The van der Waals surface area contributed by atoms with Crippen molar-refractivity contribution in [3.05, 3.63) is 54.0 Å². The lowest BCUT2D eigenvalue weighted by molar-refractivity contribution is -0.119. The molecule has 142 valence electrons. The predicted octanol–water partition coefficient (Wildman–Crippen LogP) is 3.75. The maximum Gasteiger partial charge on any atom is 0.227 e. The Kier molecular flexibility index (Phi) is 9.79. The lowest BCUT2D eigenvalue weighted by Crippen LogP contribution is -2.36. The first-order chi connectivity index (χ1) is 12.1. The number of nitrogens with one attached hydrogen (secondary N) is 3.